The first-order valence-electron chi connectivity index (χ1n) is 6.48. The summed E-state index contributed by atoms with van der Waals surface area (Å²) >= 11 is 0. The molecule has 0 unspecified atom stereocenters. The molecule has 0 radical (unpaired) electrons. The van der Waals surface area contributed by atoms with Crippen LogP contribution in [0.3, 0.4) is 0 Å². The highest BCUT2D eigenvalue weighted by Gasteiger charge is 2.08. The molecule has 1 heterocycles. The highest BCUT2D eigenvalue weighted by Crippen LogP contribution is 2.05. The Morgan fingerprint density at radius 2 is 1.68 bits per heavy atom. The number of nitrogens with zero attached hydrogens (tertiary/aromatic N) is 1. The van der Waals surface area contributed by atoms with Crippen LogP contribution in [0.1, 0.15) is 25.7 Å². The van der Waals surface area contributed by atoms with Crippen molar-refractivity contribution >= 4 is 10.8 Å². The van der Waals surface area contributed by atoms with Crippen molar-refractivity contribution < 1.29 is 9.63 Å². The lowest BCUT2D eigenvalue weighted by molar-refractivity contribution is 0.221. The smallest absolute Gasteiger partial charge is 0.364 e. The average Bonchev–Trinajstić information content (AvgIpc) is 2.44. The summed E-state index contributed by atoms with van der Waals surface area (Å²) in [5.74, 6) is 0. The predicted octanol–water partition coefficient (Wildman–Crippen LogP) is 1.51. The molecular weight excluding hydrogens is 246 g/mol. The monoisotopic (exact) mass is 263 g/mol. The van der Waals surface area contributed by atoms with Gasteiger partial charge in [0.25, 0.3) is 5.56 Å². The molecule has 0 saturated heterocycles. The number of aryl methyl sites for hydroxylation is 1. The van der Waals surface area contributed by atoms with E-state index in [-0.39, 0.29) is 12.2 Å². The Balaban J connectivity index is 2.18. The van der Waals surface area contributed by atoms with Gasteiger partial charge in [-0.3, -0.25) is 4.79 Å². The molecule has 0 aliphatic heterocycles. The van der Waals surface area contributed by atoms with Gasteiger partial charge in [0.15, 0.2) is 0 Å². The number of fused-ring (bicyclic) bond motifs is 1. The highest BCUT2D eigenvalue weighted by atomic mass is 16.5. The van der Waals surface area contributed by atoms with Crippen LogP contribution in [0.2, 0.25) is 0 Å². The minimum absolute atomic E-state index is 0.186. The zero-order valence-electron chi connectivity index (χ0n) is 10.7. The predicted molar refractivity (Wildman–Crippen MR) is 72.3 cm³/mol. The Morgan fingerprint density at radius 1 is 1.00 bits per heavy atom. The van der Waals surface area contributed by atoms with E-state index >= 15 is 0 Å². The molecule has 0 aliphatic rings. The highest BCUT2D eigenvalue weighted by molar-refractivity contribution is 5.79. The van der Waals surface area contributed by atoms with Crippen molar-refractivity contribution in [3.63, 3.8) is 0 Å². The minimum atomic E-state index is -0.481. The van der Waals surface area contributed by atoms with E-state index in [0.29, 0.717) is 17.3 Å². The number of aliphatic hydroxyl groups excluding tert-OH is 1. The summed E-state index contributed by atoms with van der Waals surface area (Å²) in [5, 5.41) is 9.39. The Kier molecular flexibility index (Phi) is 4.52. The molecule has 5 heteroatoms. The number of aromatic nitrogens is 1. The van der Waals surface area contributed by atoms with Gasteiger partial charge < -0.3 is 9.63 Å². The molecule has 0 fully saturated rings. The van der Waals surface area contributed by atoms with Gasteiger partial charge in [0, 0.05) is 6.61 Å². The first-order chi connectivity index (χ1) is 9.24. The summed E-state index contributed by atoms with van der Waals surface area (Å²) in [7, 11) is 0. The van der Waals surface area contributed by atoms with Gasteiger partial charge in [-0.15, -0.1) is 0 Å². The quantitative estimate of drug-likeness (QED) is 0.802. The van der Waals surface area contributed by atoms with Gasteiger partial charge in [-0.1, -0.05) is 25.0 Å². The minimum Gasteiger partial charge on any atom is -0.396 e. The van der Waals surface area contributed by atoms with Crippen molar-refractivity contribution in [3.8, 4) is 0 Å². The molecule has 1 aromatic carbocycles. The van der Waals surface area contributed by atoms with Crippen molar-refractivity contribution in [2.24, 2.45) is 0 Å². The number of hydrogen-bond donors (Lipinski definition) is 1. The molecule has 2 rings (SSSR count). The number of benzene rings is 1. The van der Waals surface area contributed by atoms with Crippen LogP contribution in [0.5, 0.6) is 0 Å². The van der Waals surface area contributed by atoms with Gasteiger partial charge in [-0.05, 0) is 25.0 Å². The van der Waals surface area contributed by atoms with Gasteiger partial charge in [0.1, 0.15) is 0 Å². The van der Waals surface area contributed by atoms with Crippen molar-refractivity contribution in [2.45, 2.75) is 32.2 Å². The molecule has 102 valence electrons. The zero-order chi connectivity index (χ0) is 13.7. The second-order valence-electron chi connectivity index (χ2n) is 4.47. The Hall–Kier alpha value is -1.88. The van der Waals surface area contributed by atoms with Crippen LogP contribution in [0, 0.1) is 0 Å². The average molecular weight is 263 g/mol. The van der Waals surface area contributed by atoms with Gasteiger partial charge in [0.05, 0.1) is 17.3 Å². The molecule has 5 nitrogen and oxygen atoms in total. The van der Waals surface area contributed by atoms with Crippen LogP contribution < -0.4 is 11.2 Å². The van der Waals surface area contributed by atoms with Crippen molar-refractivity contribution in [1.29, 1.82) is 0 Å². The topological polar surface area (TPSA) is 72.4 Å². The number of unbranched alkanes of at least 4 members (excludes halogenated alkanes) is 3. The molecule has 0 aliphatic carbocycles. The van der Waals surface area contributed by atoms with Gasteiger partial charge in [-0.2, -0.15) is 4.74 Å². The van der Waals surface area contributed by atoms with Crippen LogP contribution in [0.15, 0.2) is 38.4 Å². The maximum absolute atomic E-state index is 12.1. The Labute approximate surface area is 110 Å². The second kappa shape index (κ2) is 6.33. The van der Waals surface area contributed by atoms with E-state index in [0.717, 1.165) is 30.4 Å². The Morgan fingerprint density at radius 3 is 2.42 bits per heavy atom. The molecule has 0 amide bonds. The maximum atomic E-state index is 12.1. The third-order valence-electron chi connectivity index (χ3n) is 3.07. The maximum Gasteiger partial charge on any atom is 0.364 e. The largest absolute Gasteiger partial charge is 0.396 e. The van der Waals surface area contributed by atoms with Gasteiger partial charge >= 0.3 is 5.63 Å². The summed E-state index contributed by atoms with van der Waals surface area (Å²) < 4.78 is 6.16. The zero-order valence-corrected chi connectivity index (χ0v) is 10.7. The van der Waals surface area contributed by atoms with E-state index in [1.54, 1.807) is 24.3 Å². The summed E-state index contributed by atoms with van der Waals surface area (Å²) in [4.78, 5) is 23.8. The fourth-order valence-corrected chi connectivity index (χ4v) is 2.04. The molecule has 1 N–H and O–H groups in total. The van der Waals surface area contributed by atoms with Crippen molar-refractivity contribution in [2.75, 3.05) is 6.61 Å². The third-order valence-corrected chi connectivity index (χ3v) is 3.07. The fourth-order valence-electron chi connectivity index (χ4n) is 2.04. The number of rotatable bonds is 6. The van der Waals surface area contributed by atoms with E-state index in [1.165, 1.54) is 0 Å². The second-order valence-corrected chi connectivity index (χ2v) is 4.47. The van der Waals surface area contributed by atoms with E-state index in [2.05, 4.69) is 0 Å². The molecule has 19 heavy (non-hydrogen) atoms. The molecule has 0 saturated carbocycles. The summed E-state index contributed by atoms with van der Waals surface area (Å²) in [6.45, 7) is 0.579. The molecule has 2 aromatic rings. The van der Waals surface area contributed by atoms with E-state index in [1.807, 2.05) is 0 Å². The molecule has 0 spiro atoms. The van der Waals surface area contributed by atoms with Crippen LogP contribution in [-0.4, -0.2) is 16.5 Å². The van der Waals surface area contributed by atoms with E-state index in [9.17, 15) is 9.59 Å². The van der Waals surface area contributed by atoms with Gasteiger partial charge in [-0.25, -0.2) is 4.79 Å². The van der Waals surface area contributed by atoms with E-state index < -0.39 is 5.63 Å². The Bertz CT molecular complexity index is 656. The third kappa shape index (κ3) is 3.12. The molecule has 0 atom stereocenters. The standard InChI is InChI=1S/C14H17NO4/c16-10-6-2-1-5-9-15-13(17)11-7-3-4-8-12(11)14(18)19-15/h3-4,7-8,16H,1-2,5-6,9-10H2. The van der Waals surface area contributed by atoms with Crippen molar-refractivity contribution in [1.82, 2.24) is 4.74 Å². The van der Waals surface area contributed by atoms with E-state index in [4.69, 9.17) is 9.63 Å². The first kappa shape index (κ1) is 13.5. The molecular formula is C14H17NO4. The first-order valence-corrected chi connectivity index (χ1v) is 6.48. The summed E-state index contributed by atoms with van der Waals surface area (Å²) in [6, 6.07) is 6.66. The SMILES string of the molecule is O=c1on(CCCCCCO)c(=O)c2ccccc12. The van der Waals surface area contributed by atoms with Crippen LogP contribution in [0.25, 0.3) is 10.8 Å². The molecule has 1 aromatic heterocycles. The van der Waals surface area contributed by atoms with Crippen molar-refractivity contribution in [3.05, 3.63) is 45.0 Å². The summed E-state index contributed by atoms with van der Waals surface area (Å²) in [5.41, 5.74) is -0.747. The lowest BCUT2D eigenvalue weighted by Gasteiger charge is -2.04. The molecule has 0 bridgehead atoms. The number of hydrogen-bond acceptors (Lipinski definition) is 4. The lowest BCUT2D eigenvalue weighted by atomic mass is 10.2. The lowest BCUT2D eigenvalue weighted by Crippen LogP contribution is -2.25. The van der Waals surface area contributed by atoms with Crippen LogP contribution in [0.4, 0.5) is 0 Å². The van der Waals surface area contributed by atoms with Gasteiger partial charge in [0.2, 0.25) is 0 Å². The number of aliphatic hydroxyl groups is 1. The normalized spacial score (nSPS) is 11.0. The van der Waals surface area contributed by atoms with Crippen LogP contribution >= 0.6 is 0 Å². The summed E-state index contributed by atoms with van der Waals surface area (Å²) in [6.07, 6.45) is 3.31. The van der Waals surface area contributed by atoms with Crippen LogP contribution in [-0.2, 0) is 6.54 Å². The fraction of sp³-hybridized carbons (Fsp3) is 0.429.